The van der Waals surface area contributed by atoms with Crippen LogP contribution < -0.4 is 0 Å². The van der Waals surface area contributed by atoms with Crippen molar-refractivity contribution in [2.45, 2.75) is 10.6 Å². The first-order valence-corrected chi connectivity index (χ1v) is 13.1. The Balaban J connectivity index is 2.41. The molecule has 0 nitrogen and oxygen atoms in total. The Morgan fingerprint density at radius 2 is 2.20 bits per heavy atom. The molecule has 1 aliphatic heterocycles. The van der Waals surface area contributed by atoms with Crippen LogP contribution in [-0.4, -0.2) is 18.4 Å². The van der Waals surface area contributed by atoms with Crippen LogP contribution in [0.3, 0.4) is 0 Å². The van der Waals surface area contributed by atoms with Crippen molar-refractivity contribution in [1.29, 1.82) is 0 Å². The van der Waals surface area contributed by atoms with Gasteiger partial charge in [0.1, 0.15) is 0 Å². The van der Waals surface area contributed by atoms with Crippen molar-refractivity contribution in [1.82, 2.24) is 0 Å². The van der Waals surface area contributed by atoms with E-state index in [0.29, 0.717) is 0 Å². The molecule has 0 bridgehead atoms. The zero-order valence-electron chi connectivity index (χ0n) is 5.41. The van der Waals surface area contributed by atoms with Gasteiger partial charge in [0.25, 0.3) is 0 Å². The molecule has 0 saturated heterocycles. The standard InChI is InChI=1S/C7H8S2.Sn.H/c8-5-6-3-1-2-4-7(6)9;;/h1-4,8-9H,5H2;;/q;+2;/p-2. The molecule has 0 N–H and O–H groups in total. The summed E-state index contributed by atoms with van der Waals surface area (Å²) in [6, 6.07) is 8.78. The summed E-state index contributed by atoms with van der Waals surface area (Å²) >= 11 is -0.267. The van der Waals surface area contributed by atoms with Gasteiger partial charge in [-0.05, 0) is 0 Å². The van der Waals surface area contributed by atoms with Crippen molar-refractivity contribution in [3.63, 3.8) is 0 Å². The molecule has 51 valence electrons. The number of fused-ring (bicyclic) bond motifs is 1. The molecular formula is C7H7S2Sn. The van der Waals surface area contributed by atoms with Crippen LogP contribution in [-0.2, 0) is 5.75 Å². The van der Waals surface area contributed by atoms with Gasteiger partial charge in [-0.1, -0.05) is 0 Å². The SMILES string of the molecule is c1ccc2c(c1)C[S][SnH][S]2. The van der Waals surface area contributed by atoms with Gasteiger partial charge in [-0.3, -0.25) is 0 Å². The summed E-state index contributed by atoms with van der Waals surface area (Å²) in [7, 11) is 4.33. The summed E-state index contributed by atoms with van der Waals surface area (Å²) in [6.07, 6.45) is 0. The molecule has 0 aliphatic carbocycles. The molecule has 0 fully saturated rings. The molecule has 0 spiro atoms. The van der Waals surface area contributed by atoms with E-state index in [9.17, 15) is 0 Å². The van der Waals surface area contributed by atoms with Crippen LogP contribution in [0.15, 0.2) is 29.2 Å². The number of benzene rings is 1. The Labute approximate surface area is 76.3 Å². The van der Waals surface area contributed by atoms with Crippen molar-refractivity contribution >= 4 is 36.3 Å². The Bertz CT molecular complexity index is 212. The van der Waals surface area contributed by atoms with Crippen molar-refractivity contribution in [3.05, 3.63) is 29.8 Å². The maximum absolute atomic E-state index is 2.26. The fourth-order valence-corrected chi connectivity index (χ4v) is 12.5. The quantitative estimate of drug-likeness (QED) is 0.666. The van der Waals surface area contributed by atoms with Gasteiger partial charge in [0.15, 0.2) is 0 Å². The molecule has 0 unspecified atom stereocenters. The topological polar surface area (TPSA) is 0 Å². The number of rotatable bonds is 0. The molecule has 1 aromatic carbocycles. The Hall–Kier alpha value is 0.719. The zero-order chi connectivity index (χ0) is 6.81. The van der Waals surface area contributed by atoms with E-state index in [2.05, 4.69) is 42.2 Å². The van der Waals surface area contributed by atoms with Crippen LogP contribution in [0, 0.1) is 0 Å². The molecule has 0 saturated carbocycles. The van der Waals surface area contributed by atoms with E-state index in [4.69, 9.17) is 0 Å². The molecule has 1 aliphatic rings. The van der Waals surface area contributed by atoms with Crippen molar-refractivity contribution in [3.8, 4) is 0 Å². The molecule has 0 aromatic heterocycles. The average Bonchev–Trinajstić information content (AvgIpc) is 2.05. The summed E-state index contributed by atoms with van der Waals surface area (Å²) in [6.45, 7) is 0. The van der Waals surface area contributed by atoms with Crippen LogP contribution in [0.25, 0.3) is 0 Å². The summed E-state index contributed by atoms with van der Waals surface area (Å²) in [5, 5.41) is 0. The molecule has 3 heteroatoms. The van der Waals surface area contributed by atoms with Gasteiger partial charge >= 0.3 is 76.7 Å². The van der Waals surface area contributed by atoms with Gasteiger partial charge in [0.05, 0.1) is 0 Å². The van der Waals surface area contributed by atoms with Crippen LogP contribution >= 0.6 is 17.9 Å². The van der Waals surface area contributed by atoms with Gasteiger partial charge in [-0.25, -0.2) is 0 Å². The first-order chi connectivity index (χ1) is 4.97. The summed E-state index contributed by atoms with van der Waals surface area (Å²) in [5.74, 6) is 1.28. The summed E-state index contributed by atoms with van der Waals surface area (Å²) in [5.41, 5.74) is 1.55. The van der Waals surface area contributed by atoms with E-state index in [1.54, 1.807) is 10.5 Å². The van der Waals surface area contributed by atoms with Crippen molar-refractivity contribution in [2.75, 3.05) is 0 Å². The molecular weight excluding hydrogens is 267 g/mol. The predicted molar refractivity (Wildman–Crippen MR) is 50.7 cm³/mol. The summed E-state index contributed by atoms with van der Waals surface area (Å²) in [4.78, 5) is 1.56. The Morgan fingerprint density at radius 3 is 3.10 bits per heavy atom. The molecule has 1 radical (unpaired) electrons. The summed E-state index contributed by atoms with van der Waals surface area (Å²) < 4.78 is 0. The third-order valence-electron chi connectivity index (χ3n) is 1.45. The van der Waals surface area contributed by atoms with Crippen molar-refractivity contribution < 1.29 is 0 Å². The molecule has 10 heavy (non-hydrogen) atoms. The second-order valence-electron chi connectivity index (χ2n) is 2.13. The number of hydrogen-bond donors (Lipinski definition) is 0. The zero-order valence-corrected chi connectivity index (χ0v) is 10.3. The van der Waals surface area contributed by atoms with Gasteiger partial charge in [-0.15, -0.1) is 0 Å². The maximum atomic E-state index is 2.26. The van der Waals surface area contributed by atoms with Crippen LogP contribution in [0.4, 0.5) is 0 Å². The van der Waals surface area contributed by atoms with E-state index >= 15 is 0 Å². The average molecular weight is 274 g/mol. The van der Waals surface area contributed by atoms with Gasteiger partial charge in [0.2, 0.25) is 0 Å². The number of hydrogen-bond acceptors (Lipinski definition) is 2. The third-order valence-corrected chi connectivity index (χ3v) is 13.1. The van der Waals surface area contributed by atoms with E-state index in [1.165, 1.54) is 5.75 Å². The van der Waals surface area contributed by atoms with E-state index in [0.717, 1.165) is 0 Å². The van der Waals surface area contributed by atoms with Crippen LogP contribution in [0.1, 0.15) is 5.56 Å². The molecule has 1 heterocycles. The Morgan fingerprint density at radius 1 is 1.30 bits per heavy atom. The molecule has 2 rings (SSSR count). The van der Waals surface area contributed by atoms with E-state index in [1.807, 2.05) is 0 Å². The van der Waals surface area contributed by atoms with Gasteiger partial charge in [0, 0.05) is 0 Å². The predicted octanol–water partition coefficient (Wildman–Crippen LogP) is 2.29. The molecule has 1 aromatic rings. The van der Waals surface area contributed by atoms with Crippen LogP contribution in [0.2, 0.25) is 0 Å². The second kappa shape index (κ2) is 3.41. The normalized spacial score (nSPS) is 16.4. The van der Waals surface area contributed by atoms with Gasteiger partial charge < -0.3 is 0 Å². The minimum absolute atomic E-state index is 0.267. The minimum atomic E-state index is -0.267. The van der Waals surface area contributed by atoms with E-state index < -0.39 is 0 Å². The molecule has 0 amide bonds. The first-order valence-electron chi connectivity index (χ1n) is 3.15. The van der Waals surface area contributed by atoms with Crippen molar-refractivity contribution in [2.24, 2.45) is 0 Å². The fourth-order valence-electron chi connectivity index (χ4n) is 0.948. The second-order valence-corrected chi connectivity index (χ2v) is 14.0. The molecule has 0 atom stereocenters. The third kappa shape index (κ3) is 1.48. The van der Waals surface area contributed by atoms with Crippen LogP contribution in [0.5, 0.6) is 0 Å². The first kappa shape index (κ1) is 7.37. The monoisotopic (exact) mass is 275 g/mol. The Kier molecular flexibility index (Phi) is 2.51. The fraction of sp³-hybridized carbons (Fsp3) is 0.143. The van der Waals surface area contributed by atoms with Gasteiger partial charge in [-0.2, -0.15) is 0 Å². The van der Waals surface area contributed by atoms with E-state index in [-0.39, 0.29) is 18.4 Å².